The topological polar surface area (TPSA) is 637 Å². The minimum atomic E-state index is -1.51. The van der Waals surface area contributed by atoms with E-state index in [-0.39, 0.29) is 147 Å². The largest absolute Gasteiger partial charge is 0.490 e. The van der Waals surface area contributed by atoms with Crippen molar-refractivity contribution in [3.8, 4) is 5.75 Å². The molecule has 1 aliphatic rings. The molecule has 1 fully saturated rings. The maximum absolute atomic E-state index is 15.2. The lowest BCUT2D eigenvalue weighted by molar-refractivity contribution is -0.142. The second-order valence-corrected chi connectivity index (χ2v) is 29.4. The minimum absolute atomic E-state index is 0.0219. The van der Waals surface area contributed by atoms with E-state index >= 15 is 19.2 Å². The van der Waals surface area contributed by atoms with Crippen molar-refractivity contribution < 1.29 is 62.3 Å². The zero-order valence-corrected chi connectivity index (χ0v) is 67.8. The molecular weight excluding hydrogens is 1510 g/mol. The summed E-state index contributed by atoms with van der Waals surface area (Å²) >= 11 is 0. The summed E-state index contributed by atoms with van der Waals surface area (Å²) in [6.45, 7) is 12.8. The Kier molecular flexibility index (Phi) is 43.5. The predicted molar refractivity (Wildman–Crippen MR) is 443 cm³/mol. The lowest BCUT2D eigenvalue weighted by Crippen LogP contribution is -2.61. The fourth-order valence-corrected chi connectivity index (χ4v) is 13.0. The zero-order valence-electron chi connectivity index (χ0n) is 67.8. The Hall–Kier alpha value is -12.1. The molecule has 0 aliphatic carbocycles. The molecule has 0 unspecified atom stereocenters. The van der Waals surface area contributed by atoms with Crippen LogP contribution in [0.15, 0.2) is 97.6 Å². The van der Waals surface area contributed by atoms with Gasteiger partial charge in [-0.05, 0) is 137 Å². The van der Waals surface area contributed by atoms with Crippen LogP contribution in [0.25, 0.3) is 0 Å². The van der Waals surface area contributed by atoms with Crippen molar-refractivity contribution in [1.29, 1.82) is 21.6 Å². The number of nitrogens with zero attached hydrogens (tertiary/aromatic N) is 1. The highest BCUT2D eigenvalue weighted by molar-refractivity contribution is 6.00. The zero-order chi connectivity index (χ0) is 86.5. The van der Waals surface area contributed by atoms with E-state index in [9.17, 15) is 38.4 Å². The van der Waals surface area contributed by atoms with Gasteiger partial charge in [-0.3, -0.25) is 79.2 Å². The summed E-state index contributed by atoms with van der Waals surface area (Å²) in [5.74, 6) is -11.4. The third-order valence-corrected chi connectivity index (χ3v) is 19.3. The number of likely N-dealkylation sites (tertiary alicyclic amines) is 1. The molecule has 0 bridgehead atoms. The van der Waals surface area contributed by atoms with Crippen molar-refractivity contribution in [2.45, 2.75) is 217 Å². The fourth-order valence-electron chi connectivity index (χ4n) is 13.0. The smallest absolute Gasteiger partial charge is 0.245 e. The molecule has 12 atom stereocenters. The van der Waals surface area contributed by atoms with Gasteiger partial charge in [-0.15, -0.1) is 0 Å². The Balaban J connectivity index is 1.74. The Morgan fingerprint density at radius 2 is 0.846 bits per heavy atom. The number of carbonyl (C=O) groups excluding carboxylic acids is 12. The number of unbranched alkanes of at least 4 members (excludes halogenated alkanes) is 1. The Bertz CT molecular complexity index is 3780. The molecule has 1 heterocycles. The van der Waals surface area contributed by atoms with Crippen LogP contribution in [0.3, 0.4) is 0 Å². The van der Waals surface area contributed by atoms with Crippen LogP contribution in [0.1, 0.15) is 148 Å². The second-order valence-electron chi connectivity index (χ2n) is 29.4. The second kappa shape index (κ2) is 52.4. The van der Waals surface area contributed by atoms with Gasteiger partial charge in [0, 0.05) is 58.9 Å². The van der Waals surface area contributed by atoms with Crippen LogP contribution in [-0.2, 0) is 76.8 Å². The molecule has 4 rings (SSSR count). The number of rotatable bonds is 54. The molecule has 0 aromatic heterocycles. The summed E-state index contributed by atoms with van der Waals surface area (Å²) in [7, 11) is 0. The first-order chi connectivity index (χ1) is 55.7. The van der Waals surface area contributed by atoms with Crippen LogP contribution in [0.2, 0.25) is 0 Å². The molecule has 1 aliphatic heterocycles. The molecule has 3 aromatic rings. The maximum atomic E-state index is 15.2. The van der Waals surface area contributed by atoms with Gasteiger partial charge in [0.05, 0.1) is 0 Å². The normalized spacial score (nSPS) is 15.1. The fraction of sp³-hybridized carbons (Fsp3) is 0.544. The van der Waals surface area contributed by atoms with E-state index < -0.39 is 155 Å². The van der Waals surface area contributed by atoms with Crippen molar-refractivity contribution in [2.24, 2.45) is 46.2 Å². The molecule has 3 aromatic carbocycles. The predicted octanol–water partition coefficient (Wildman–Crippen LogP) is -2.10. The Morgan fingerprint density at radius 3 is 1.25 bits per heavy atom. The number of benzene rings is 3. The van der Waals surface area contributed by atoms with Gasteiger partial charge in [0.25, 0.3) is 0 Å². The molecule has 1 saturated heterocycles. The standard InChI is InChI=1S/C79H125N25O13/c1-7-42-117-53-34-32-52(33-35-53)46-62(102-72(113)61(45-51-24-13-10-14-25-51)101-70(111)60(94-49(6)105)44-50-22-11-9-12-23-50)71(112)98-56(28-18-38-91-77(84)85)67(108)100-59(43-47(3)4)69(110)97-55(27-17-37-90-76(82)83)66(107)96-57(29-19-39-92-78(86)87)68(109)103-64(48(5)8-2)74(115)99-58(30-20-40-93-79(88)89)75(116)104-41-21-31-63(104)73(114)95-54(65(81)106)26-15-16-36-80/h7,9-14,22-25,32-35,47-48,54-64H,1,8,15-21,26-31,36-46,80H2,2-6H3,(H2,81,106)(H,94,105)(H,95,114)(H,96,107)(H,97,110)(H,98,112)(H,99,115)(H,100,108)(H,101,111)(H,102,113)(H,103,109)(H4,82,83,90)(H4,84,85,91)(H4,86,87,92)(H4,88,89,93)/t48-,54-,55-,56-,57-,58-,59-,60-,61-,62-,63-,64-/m0/s1. The molecule has 644 valence electrons. The van der Waals surface area contributed by atoms with Crippen LogP contribution in [0.4, 0.5) is 0 Å². The van der Waals surface area contributed by atoms with Crippen molar-refractivity contribution in [2.75, 3.05) is 45.9 Å². The van der Waals surface area contributed by atoms with Gasteiger partial charge in [-0.2, -0.15) is 0 Å². The number of ether oxygens (including phenoxy) is 1. The number of hydrogen-bond donors (Lipinski definition) is 24. The summed E-state index contributed by atoms with van der Waals surface area (Å²) in [5.41, 5.74) is 35.6. The number of hydrogen-bond acceptors (Lipinski definition) is 18. The molecule has 38 nitrogen and oxygen atoms in total. The summed E-state index contributed by atoms with van der Waals surface area (Å²) in [4.78, 5) is 175. The first kappa shape index (κ1) is 97.2. The summed E-state index contributed by atoms with van der Waals surface area (Å²) in [6, 6.07) is 9.60. The van der Waals surface area contributed by atoms with Crippen molar-refractivity contribution in [1.82, 2.24) is 79.3 Å². The van der Waals surface area contributed by atoms with Crippen LogP contribution in [0, 0.1) is 33.5 Å². The highest BCUT2D eigenvalue weighted by Crippen LogP contribution is 2.22. The SMILES string of the molecule is C=CCOc1ccc(C[C@H](NC(=O)[C@H](Cc2ccccc2)NC(=O)[C@H](Cc2ccccc2)NC(C)=O)C(=O)N[C@@H](CCCNC(=N)N)C(=O)N[C@@H](CC(C)C)C(=O)N[C@@H](CCCNC(=N)N)C(=O)N[C@@H](CCCNC(=N)N)C(=O)N[C@H](C(=O)N[C@@H](CCCNC(=N)N)C(=O)N2CCC[C@H]2C(=O)N[C@@H](CCCCN)C(N)=O)[C@@H](C)CC)cc1. The first-order valence-corrected chi connectivity index (χ1v) is 39.8. The van der Waals surface area contributed by atoms with E-state index in [4.69, 9.17) is 60.8 Å². The van der Waals surface area contributed by atoms with Crippen LogP contribution < -0.4 is 114 Å². The summed E-state index contributed by atoms with van der Waals surface area (Å²) in [5, 5.41) is 69.4. The van der Waals surface area contributed by atoms with Crippen LogP contribution >= 0.6 is 0 Å². The maximum Gasteiger partial charge on any atom is 0.245 e. The summed E-state index contributed by atoms with van der Waals surface area (Å²) in [6.07, 6.45) is 3.39. The van der Waals surface area contributed by atoms with Crippen LogP contribution in [-0.4, -0.2) is 212 Å². The number of nitrogens with two attached hydrogens (primary N) is 6. The summed E-state index contributed by atoms with van der Waals surface area (Å²) < 4.78 is 5.71. The number of primary amides is 1. The highest BCUT2D eigenvalue weighted by atomic mass is 16.5. The number of nitrogens with one attached hydrogen (secondary N) is 18. The highest BCUT2D eigenvalue weighted by Gasteiger charge is 2.41. The van der Waals surface area contributed by atoms with E-state index in [0.717, 1.165) is 0 Å². The van der Waals surface area contributed by atoms with Gasteiger partial charge >= 0.3 is 0 Å². The number of amides is 12. The molecule has 30 N–H and O–H groups in total. The Morgan fingerprint density at radius 1 is 0.470 bits per heavy atom. The van der Waals surface area contributed by atoms with Gasteiger partial charge in [0.2, 0.25) is 70.9 Å². The van der Waals surface area contributed by atoms with Gasteiger partial charge < -0.3 is 118 Å². The third kappa shape index (κ3) is 36.9. The van der Waals surface area contributed by atoms with Crippen molar-refractivity contribution >= 4 is 94.7 Å². The monoisotopic (exact) mass is 1630 g/mol. The van der Waals surface area contributed by atoms with E-state index in [1.807, 2.05) is 0 Å². The van der Waals surface area contributed by atoms with Crippen molar-refractivity contribution in [3.05, 3.63) is 114 Å². The number of guanidine groups is 4. The average Bonchev–Trinajstić information content (AvgIpc) is 1.75. The van der Waals surface area contributed by atoms with Gasteiger partial charge in [-0.1, -0.05) is 120 Å². The van der Waals surface area contributed by atoms with Crippen molar-refractivity contribution in [3.63, 3.8) is 0 Å². The molecule has 38 heteroatoms. The lowest BCUT2D eigenvalue weighted by Gasteiger charge is -2.32. The van der Waals surface area contributed by atoms with Gasteiger partial charge in [-0.25, -0.2) is 0 Å². The molecule has 117 heavy (non-hydrogen) atoms. The van der Waals surface area contributed by atoms with E-state index in [1.165, 1.54) is 11.8 Å². The Labute approximate surface area is 683 Å². The average molecular weight is 1630 g/mol. The first-order valence-electron chi connectivity index (χ1n) is 39.8. The lowest BCUT2D eigenvalue weighted by atomic mass is 9.96. The number of carbonyl (C=O) groups is 12. The van der Waals surface area contributed by atoms with E-state index in [1.54, 1.807) is 119 Å². The quantitative estimate of drug-likeness (QED) is 0.0125. The minimum Gasteiger partial charge on any atom is -0.490 e. The van der Waals surface area contributed by atoms with Crippen LogP contribution in [0.5, 0.6) is 5.75 Å². The van der Waals surface area contributed by atoms with E-state index in [2.05, 4.69) is 81.0 Å². The molecule has 12 amide bonds. The molecule has 0 saturated carbocycles. The molecule has 0 spiro atoms. The van der Waals surface area contributed by atoms with Gasteiger partial charge in [0.15, 0.2) is 23.8 Å². The third-order valence-electron chi connectivity index (χ3n) is 19.3. The molecule has 0 radical (unpaired) electrons. The van der Waals surface area contributed by atoms with E-state index in [0.29, 0.717) is 54.7 Å². The molecular formula is C79H125N25O13. The van der Waals surface area contributed by atoms with Gasteiger partial charge in [0.1, 0.15) is 78.8 Å².